The number of amides is 1. The fraction of sp³-hybridized carbons (Fsp3) is 0. The van der Waals surface area contributed by atoms with Gasteiger partial charge in [-0.2, -0.15) is 5.10 Å². The summed E-state index contributed by atoms with van der Waals surface area (Å²) in [7, 11) is 0. The van der Waals surface area contributed by atoms with Crippen LogP contribution in [0, 0.1) is 5.82 Å². The highest BCUT2D eigenvalue weighted by Gasteiger charge is 2.22. The van der Waals surface area contributed by atoms with Gasteiger partial charge >= 0.3 is 5.97 Å². The van der Waals surface area contributed by atoms with Gasteiger partial charge in [-0.05, 0) is 48.5 Å². The van der Waals surface area contributed by atoms with Crippen molar-refractivity contribution in [3.05, 3.63) is 124 Å². The third kappa shape index (κ3) is 5.16. The van der Waals surface area contributed by atoms with Gasteiger partial charge < -0.3 is 9.72 Å². The van der Waals surface area contributed by atoms with E-state index in [1.54, 1.807) is 84.9 Å². The highest BCUT2D eigenvalue weighted by Crippen LogP contribution is 2.37. The fourth-order valence-corrected chi connectivity index (χ4v) is 4.29. The van der Waals surface area contributed by atoms with Gasteiger partial charge in [-0.25, -0.2) is 14.6 Å². The van der Waals surface area contributed by atoms with Crippen LogP contribution in [0.4, 0.5) is 4.39 Å². The van der Waals surface area contributed by atoms with Crippen LogP contribution in [0.3, 0.4) is 0 Å². The van der Waals surface area contributed by atoms with Gasteiger partial charge in [-0.15, -0.1) is 0 Å². The summed E-state index contributed by atoms with van der Waals surface area (Å²) in [4.78, 5) is 28.6. The number of hydrogen-bond acceptors (Lipinski definition) is 4. The lowest BCUT2D eigenvalue weighted by atomic mass is 10.0. The number of nitrogens with zero attached hydrogens (tertiary/aromatic N) is 1. The number of aromatic amines is 1. The van der Waals surface area contributed by atoms with Gasteiger partial charge in [-0.3, -0.25) is 4.79 Å². The number of H-pyrrole nitrogens is 1. The Morgan fingerprint density at radius 1 is 0.895 bits per heavy atom. The van der Waals surface area contributed by atoms with E-state index in [1.807, 2.05) is 0 Å². The fourth-order valence-electron chi connectivity index (χ4n) is 3.94. The minimum atomic E-state index is -0.609. The lowest BCUT2D eigenvalue weighted by Gasteiger charge is -2.08. The number of hydrazone groups is 1. The Kier molecular flexibility index (Phi) is 7.22. The van der Waals surface area contributed by atoms with E-state index in [9.17, 15) is 14.0 Å². The van der Waals surface area contributed by atoms with E-state index >= 15 is 0 Å². The first kappa shape index (κ1) is 25.2. The summed E-state index contributed by atoms with van der Waals surface area (Å²) in [6.45, 7) is 0. The lowest BCUT2D eigenvalue weighted by molar-refractivity contribution is 0.0734. The summed E-state index contributed by atoms with van der Waals surface area (Å²) in [5, 5.41) is 5.46. The zero-order chi connectivity index (χ0) is 26.6. The molecule has 2 N–H and O–H groups in total. The number of hydrogen-bond donors (Lipinski definition) is 2. The molecule has 0 spiro atoms. The average Bonchev–Trinajstić information content (AvgIpc) is 3.31. The zero-order valence-corrected chi connectivity index (χ0v) is 21.1. The molecule has 0 unspecified atom stereocenters. The predicted molar refractivity (Wildman–Crippen MR) is 147 cm³/mol. The van der Waals surface area contributed by atoms with E-state index in [-0.39, 0.29) is 17.0 Å². The molecule has 1 aromatic heterocycles. The Morgan fingerprint density at radius 2 is 1.63 bits per heavy atom. The van der Waals surface area contributed by atoms with Crippen LogP contribution >= 0.6 is 23.2 Å². The van der Waals surface area contributed by atoms with Crippen LogP contribution in [-0.2, 0) is 0 Å². The molecule has 5 rings (SSSR count). The molecule has 4 aromatic carbocycles. The van der Waals surface area contributed by atoms with Crippen LogP contribution in [0.2, 0.25) is 10.0 Å². The van der Waals surface area contributed by atoms with E-state index in [4.69, 9.17) is 27.9 Å². The first-order valence-corrected chi connectivity index (χ1v) is 12.1. The first-order valence-electron chi connectivity index (χ1n) is 11.4. The number of aromatic nitrogens is 1. The Hall–Kier alpha value is -4.46. The number of benzene rings is 4. The molecule has 0 bridgehead atoms. The third-order valence-electron chi connectivity index (χ3n) is 5.72. The van der Waals surface area contributed by atoms with E-state index in [0.29, 0.717) is 37.7 Å². The zero-order valence-electron chi connectivity index (χ0n) is 19.5. The standard InChI is InChI=1S/C29H18Cl2FN3O3/c30-19-14-12-17(13-15-19)29(37)38-24-11-4-1-6-18(24)16-33-35-28(36)27-25(20-7-2-3-9-22(20)31)21-8-5-10-23(32)26(21)34-27/h1-16,34H,(H,35,36). The summed E-state index contributed by atoms with van der Waals surface area (Å²) >= 11 is 12.3. The van der Waals surface area contributed by atoms with Gasteiger partial charge in [0, 0.05) is 32.1 Å². The Labute approximate surface area is 226 Å². The number of para-hydroxylation sites is 2. The minimum Gasteiger partial charge on any atom is -0.422 e. The first-order chi connectivity index (χ1) is 18.4. The molecular formula is C29H18Cl2FN3O3. The highest BCUT2D eigenvalue weighted by molar-refractivity contribution is 6.34. The number of carbonyl (C=O) groups excluding carboxylic acids is 2. The van der Waals surface area contributed by atoms with Crippen LogP contribution < -0.4 is 10.2 Å². The monoisotopic (exact) mass is 545 g/mol. The quantitative estimate of drug-likeness (QED) is 0.102. The molecule has 0 saturated heterocycles. The molecule has 0 aliphatic heterocycles. The normalized spacial score (nSPS) is 11.1. The van der Waals surface area contributed by atoms with Crippen LogP contribution in [0.25, 0.3) is 22.0 Å². The molecule has 6 nitrogen and oxygen atoms in total. The maximum Gasteiger partial charge on any atom is 0.343 e. The second kappa shape index (κ2) is 10.9. The van der Waals surface area contributed by atoms with Crippen molar-refractivity contribution in [1.82, 2.24) is 10.4 Å². The van der Waals surface area contributed by atoms with Crippen molar-refractivity contribution >= 4 is 52.2 Å². The molecule has 0 aliphatic rings. The molecule has 1 heterocycles. The van der Waals surface area contributed by atoms with E-state index in [2.05, 4.69) is 15.5 Å². The van der Waals surface area contributed by atoms with Gasteiger partial charge in [0.15, 0.2) is 0 Å². The molecule has 0 aliphatic carbocycles. The van der Waals surface area contributed by atoms with E-state index < -0.39 is 17.7 Å². The number of halogens is 3. The highest BCUT2D eigenvalue weighted by atomic mass is 35.5. The van der Waals surface area contributed by atoms with Crippen LogP contribution in [0.1, 0.15) is 26.4 Å². The van der Waals surface area contributed by atoms with E-state index in [1.165, 1.54) is 12.3 Å². The predicted octanol–water partition coefficient (Wildman–Crippen LogP) is 7.26. The maximum absolute atomic E-state index is 14.6. The topological polar surface area (TPSA) is 83.5 Å². The molecule has 0 radical (unpaired) electrons. The maximum atomic E-state index is 14.6. The summed E-state index contributed by atoms with van der Waals surface area (Å²) in [5.74, 6) is -1.44. The second-order valence-corrected chi connectivity index (χ2v) is 8.99. The van der Waals surface area contributed by atoms with Gasteiger partial charge in [0.05, 0.1) is 17.3 Å². The van der Waals surface area contributed by atoms with Gasteiger partial charge in [0.1, 0.15) is 17.3 Å². The largest absolute Gasteiger partial charge is 0.422 e. The van der Waals surface area contributed by atoms with Crippen molar-refractivity contribution in [2.24, 2.45) is 5.10 Å². The molecule has 0 atom stereocenters. The van der Waals surface area contributed by atoms with Crippen molar-refractivity contribution in [3.8, 4) is 16.9 Å². The molecular weight excluding hydrogens is 528 g/mol. The Morgan fingerprint density at radius 3 is 2.42 bits per heavy atom. The summed E-state index contributed by atoms with van der Waals surface area (Å²) < 4.78 is 20.1. The van der Waals surface area contributed by atoms with Crippen LogP contribution in [0.5, 0.6) is 5.75 Å². The van der Waals surface area contributed by atoms with Crippen molar-refractivity contribution < 1.29 is 18.7 Å². The number of fused-ring (bicyclic) bond motifs is 1. The molecule has 188 valence electrons. The second-order valence-electron chi connectivity index (χ2n) is 8.15. The van der Waals surface area contributed by atoms with Crippen molar-refractivity contribution in [2.45, 2.75) is 0 Å². The average molecular weight is 546 g/mol. The Bertz CT molecular complexity index is 1700. The van der Waals surface area contributed by atoms with Crippen LogP contribution in [-0.4, -0.2) is 23.1 Å². The van der Waals surface area contributed by atoms with Crippen molar-refractivity contribution in [1.29, 1.82) is 0 Å². The van der Waals surface area contributed by atoms with Gasteiger partial charge in [-0.1, -0.05) is 65.7 Å². The smallest absolute Gasteiger partial charge is 0.343 e. The SMILES string of the molecule is O=C(Oc1ccccc1C=NNC(=O)c1[nH]c2c(F)cccc2c1-c1ccccc1Cl)c1ccc(Cl)cc1. The molecule has 1 amide bonds. The molecule has 0 saturated carbocycles. The van der Waals surface area contributed by atoms with Crippen molar-refractivity contribution in [2.75, 3.05) is 0 Å². The third-order valence-corrected chi connectivity index (χ3v) is 6.31. The number of rotatable bonds is 6. The molecule has 5 aromatic rings. The Balaban J connectivity index is 1.41. The summed E-state index contributed by atoms with van der Waals surface area (Å²) in [5.41, 5.74) is 4.52. The van der Waals surface area contributed by atoms with Gasteiger partial charge in [0.25, 0.3) is 5.91 Å². The van der Waals surface area contributed by atoms with Gasteiger partial charge in [0.2, 0.25) is 0 Å². The number of esters is 1. The minimum absolute atomic E-state index is 0.0952. The van der Waals surface area contributed by atoms with E-state index in [0.717, 1.165) is 0 Å². The number of carbonyl (C=O) groups is 2. The van der Waals surface area contributed by atoms with Crippen molar-refractivity contribution in [3.63, 3.8) is 0 Å². The van der Waals surface area contributed by atoms with Crippen LogP contribution in [0.15, 0.2) is 96.1 Å². The number of nitrogens with one attached hydrogen (secondary N) is 2. The molecule has 0 fully saturated rings. The summed E-state index contributed by atoms with van der Waals surface area (Å²) in [6, 6.07) is 24.6. The summed E-state index contributed by atoms with van der Waals surface area (Å²) in [6.07, 6.45) is 1.35. The molecule has 38 heavy (non-hydrogen) atoms. The molecule has 9 heteroatoms. The number of ether oxygens (including phenoxy) is 1. The lowest BCUT2D eigenvalue weighted by Crippen LogP contribution is -2.19.